The fourth-order valence-corrected chi connectivity index (χ4v) is 1.14. The molecule has 0 atom stereocenters. The van der Waals surface area contributed by atoms with Crippen molar-refractivity contribution in [1.29, 1.82) is 0 Å². The third-order valence-electron chi connectivity index (χ3n) is 1.95. The summed E-state index contributed by atoms with van der Waals surface area (Å²) < 4.78 is 36.8. The van der Waals surface area contributed by atoms with Crippen molar-refractivity contribution < 1.29 is 37.1 Å². The molecule has 5 nitrogen and oxygen atoms in total. The van der Waals surface area contributed by atoms with Crippen LogP contribution in [0.25, 0.3) is 0 Å². The van der Waals surface area contributed by atoms with Gasteiger partial charge in [-0.1, -0.05) is 13.2 Å². The highest BCUT2D eigenvalue weighted by atomic mass is 19.4. The van der Waals surface area contributed by atoms with Gasteiger partial charge in [0.25, 0.3) is 0 Å². The average molecular weight is 297 g/mol. The van der Waals surface area contributed by atoms with Crippen molar-refractivity contribution in [3.8, 4) is 0 Å². The number of carboxylic acids is 1. The maximum Gasteiger partial charge on any atom is 0.430 e. The van der Waals surface area contributed by atoms with E-state index < -0.39 is 12.1 Å². The first kappa shape index (κ1) is 20.5. The summed E-state index contributed by atoms with van der Waals surface area (Å²) in [6, 6.07) is 0. The van der Waals surface area contributed by atoms with Crippen molar-refractivity contribution in [3.63, 3.8) is 0 Å². The van der Waals surface area contributed by atoms with Gasteiger partial charge < -0.3 is 19.1 Å². The van der Waals surface area contributed by atoms with Gasteiger partial charge in [-0.15, -0.1) is 0 Å². The summed E-state index contributed by atoms with van der Waals surface area (Å²) in [7, 11) is 5.38. The molecule has 0 aliphatic heterocycles. The number of carbonyl (C=O) groups excluding carboxylic acids is 2. The molecule has 0 bridgehead atoms. The predicted octanol–water partition coefficient (Wildman–Crippen LogP) is 0.277. The van der Waals surface area contributed by atoms with Crippen LogP contribution in [0.3, 0.4) is 0 Å². The molecule has 0 aromatic rings. The quantitative estimate of drug-likeness (QED) is 0.316. The van der Waals surface area contributed by atoms with Crippen molar-refractivity contribution in [2.24, 2.45) is 0 Å². The van der Waals surface area contributed by atoms with Crippen LogP contribution in [0.1, 0.15) is 0 Å². The molecular weight excluding hydrogens is 279 g/mol. The summed E-state index contributed by atoms with van der Waals surface area (Å²) in [5.74, 6) is -3.34. The molecule has 0 spiro atoms. The number of carbonyl (C=O) groups is 2. The zero-order chi connectivity index (χ0) is 16.6. The minimum Gasteiger partial charge on any atom is -0.542 e. The molecule has 0 aromatic carbocycles. The summed E-state index contributed by atoms with van der Waals surface area (Å²) in [5.41, 5.74) is 0.495. The highest BCUT2D eigenvalue weighted by molar-refractivity contribution is 5.87. The number of rotatable bonds is 5. The fraction of sp³-hybridized carbons (Fsp3) is 0.500. The second kappa shape index (κ2) is 8.36. The van der Waals surface area contributed by atoms with Crippen LogP contribution in [0.5, 0.6) is 0 Å². The van der Waals surface area contributed by atoms with E-state index in [2.05, 4.69) is 17.9 Å². The van der Waals surface area contributed by atoms with Gasteiger partial charge in [0.15, 0.2) is 0 Å². The van der Waals surface area contributed by atoms with E-state index in [-0.39, 0.29) is 5.97 Å². The third kappa shape index (κ3) is 10.1. The number of likely N-dealkylation sites (N-methyl/N-ethyl adjacent to an activating group) is 1. The van der Waals surface area contributed by atoms with Gasteiger partial charge in [0.1, 0.15) is 12.5 Å². The van der Waals surface area contributed by atoms with Gasteiger partial charge in [-0.3, -0.25) is 0 Å². The zero-order valence-corrected chi connectivity index (χ0v) is 11.6. The molecule has 0 unspecified atom stereocenters. The van der Waals surface area contributed by atoms with E-state index in [1.165, 1.54) is 7.11 Å². The van der Waals surface area contributed by atoms with Crippen LogP contribution in [0.15, 0.2) is 24.8 Å². The maximum absolute atomic E-state index is 11.0. The van der Waals surface area contributed by atoms with Gasteiger partial charge in [0.05, 0.1) is 33.3 Å². The molecule has 116 valence electrons. The number of quaternary nitrogens is 1. The summed E-state index contributed by atoms with van der Waals surface area (Å²) in [4.78, 5) is 19.8. The van der Waals surface area contributed by atoms with Crippen LogP contribution >= 0.6 is 0 Å². The summed E-state index contributed by atoms with van der Waals surface area (Å²) in [5, 5.41) is 8.78. The lowest BCUT2D eigenvalue weighted by Crippen LogP contribution is -2.42. The van der Waals surface area contributed by atoms with E-state index in [0.29, 0.717) is 16.6 Å². The smallest absolute Gasteiger partial charge is 0.430 e. The van der Waals surface area contributed by atoms with E-state index in [4.69, 9.17) is 9.90 Å². The lowest BCUT2D eigenvalue weighted by atomic mass is 10.2. The topological polar surface area (TPSA) is 66.4 Å². The highest BCUT2D eigenvalue weighted by Crippen LogP contribution is 2.11. The molecule has 0 amide bonds. The molecule has 0 saturated carbocycles. The molecule has 0 aliphatic carbocycles. The Hall–Kier alpha value is -1.83. The first-order valence-electron chi connectivity index (χ1n) is 5.34. The van der Waals surface area contributed by atoms with Gasteiger partial charge >= 0.3 is 12.1 Å². The molecule has 0 fully saturated rings. The standard InChI is InChI=1S/C10H18NO2.C2HF3O2/c1-6-7-11(3,4)8-9(2)10(12)13-5;3-2(4,5)1(6)7/h6H,1-2,7-8H2,3-5H3;(H,6,7)/q+1;/p-1. The molecule has 8 heteroatoms. The van der Waals surface area contributed by atoms with E-state index >= 15 is 0 Å². The van der Waals surface area contributed by atoms with Crippen LogP contribution in [0.4, 0.5) is 13.2 Å². The number of carboxylic acid groups (broad SMARTS) is 1. The van der Waals surface area contributed by atoms with Crippen LogP contribution in [0.2, 0.25) is 0 Å². The van der Waals surface area contributed by atoms with Crippen molar-refractivity contribution in [3.05, 3.63) is 24.8 Å². The number of esters is 1. The van der Waals surface area contributed by atoms with Crippen LogP contribution in [-0.2, 0) is 14.3 Å². The second-order valence-corrected chi connectivity index (χ2v) is 4.45. The number of hydrogen-bond acceptors (Lipinski definition) is 4. The van der Waals surface area contributed by atoms with Crippen LogP contribution in [0, 0.1) is 0 Å². The number of alkyl halides is 3. The first-order chi connectivity index (χ1) is 8.87. The number of nitrogens with zero attached hydrogens (tertiary/aromatic N) is 1. The fourth-order valence-electron chi connectivity index (χ4n) is 1.14. The predicted molar refractivity (Wildman–Crippen MR) is 64.3 cm³/mol. The summed E-state index contributed by atoms with van der Waals surface area (Å²) in [6.07, 6.45) is -3.37. The Bertz CT molecular complexity index is 375. The first-order valence-corrected chi connectivity index (χ1v) is 5.34. The number of hydrogen-bond donors (Lipinski definition) is 0. The highest BCUT2D eigenvalue weighted by Gasteiger charge is 2.28. The van der Waals surface area contributed by atoms with Gasteiger partial charge in [-0.2, -0.15) is 13.2 Å². The largest absolute Gasteiger partial charge is 0.542 e. The van der Waals surface area contributed by atoms with E-state index in [1.54, 1.807) is 0 Å². The van der Waals surface area contributed by atoms with Gasteiger partial charge in [-0.25, -0.2) is 4.79 Å². The Morgan fingerprint density at radius 3 is 2.00 bits per heavy atom. The van der Waals surface area contributed by atoms with E-state index in [0.717, 1.165) is 6.54 Å². The Morgan fingerprint density at radius 1 is 1.35 bits per heavy atom. The lowest BCUT2D eigenvalue weighted by Gasteiger charge is -2.28. The maximum atomic E-state index is 11.0. The molecule has 20 heavy (non-hydrogen) atoms. The number of aliphatic carboxylic acids is 1. The van der Waals surface area contributed by atoms with Crippen molar-refractivity contribution >= 4 is 11.9 Å². The summed E-state index contributed by atoms with van der Waals surface area (Å²) >= 11 is 0. The molecule has 0 radical (unpaired) electrons. The number of ether oxygens (including phenoxy) is 1. The zero-order valence-electron chi connectivity index (χ0n) is 11.6. The minimum atomic E-state index is -5.19. The van der Waals surface area contributed by atoms with Gasteiger partial charge in [0, 0.05) is 0 Å². The third-order valence-corrected chi connectivity index (χ3v) is 1.95. The van der Waals surface area contributed by atoms with Crippen molar-refractivity contribution in [2.45, 2.75) is 6.18 Å². The average Bonchev–Trinajstić information content (AvgIpc) is 2.26. The monoisotopic (exact) mass is 297 g/mol. The number of halogens is 3. The Morgan fingerprint density at radius 2 is 1.75 bits per heavy atom. The second-order valence-electron chi connectivity index (χ2n) is 4.45. The molecule has 0 saturated heterocycles. The molecule has 0 N–H and O–H groups in total. The van der Waals surface area contributed by atoms with E-state index in [1.807, 2.05) is 20.2 Å². The van der Waals surface area contributed by atoms with Gasteiger partial charge in [-0.05, 0) is 6.08 Å². The van der Waals surface area contributed by atoms with Crippen molar-refractivity contribution in [2.75, 3.05) is 34.3 Å². The van der Waals surface area contributed by atoms with Crippen LogP contribution < -0.4 is 5.11 Å². The molecule has 0 heterocycles. The van der Waals surface area contributed by atoms with Crippen LogP contribution in [-0.4, -0.2) is 56.9 Å². The minimum absolute atomic E-state index is 0.338. The lowest BCUT2D eigenvalue weighted by molar-refractivity contribution is -0.879. The SMILES string of the molecule is C=CC[N+](C)(C)CC(=C)C(=O)OC.O=C([O-])C(F)(F)F. The van der Waals surface area contributed by atoms with Crippen molar-refractivity contribution in [1.82, 2.24) is 0 Å². The molecular formula is C12H18F3NO4. The molecule has 0 aliphatic rings. The van der Waals surface area contributed by atoms with E-state index in [9.17, 15) is 18.0 Å². The molecule has 0 rings (SSSR count). The molecule has 0 aromatic heterocycles. The summed E-state index contributed by atoms with van der Waals surface area (Å²) in [6.45, 7) is 8.71. The Balaban J connectivity index is 0. The normalized spacial score (nSPS) is 10.9. The van der Waals surface area contributed by atoms with Gasteiger partial charge in [0.2, 0.25) is 0 Å². The number of methoxy groups -OCH3 is 1. The Labute approximate surface area is 115 Å². The Kier molecular flexibility index (Phi) is 8.57.